The van der Waals surface area contributed by atoms with E-state index in [4.69, 9.17) is 14.2 Å². The van der Waals surface area contributed by atoms with Gasteiger partial charge < -0.3 is 29.0 Å². The minimum Gasteiger partial charge on any atom is -0.454 e. The predicted molar refractivity (Wildman–Crippen MR) is 138 cm³/mol. The van der Waals surface area contributed by atoms with Crippen LogP contribution in [0.4, 0.5) is 0 Å². The number of rotatable bonds is 8. The fourth-order valence-electron chi connectivity index (χ4n) is 4.74. The summed E-state index contributed by atoms with van der Waals surface area (Å²) >= 11 is 1.49. The number of thioether (sulfide) groups is 1. The van der Waals surface area contributed by atoms with Crippen molar-refractivity contribution in [2.45, 2.75) is 44.0 Å². The maximum Gasteiger partial charge on any atom is 0.247 e. The minimum atomic E-state index is -0.759. The van der Waals surface area contributed by atoms with Gasteiger partial charge in [-0.2, -0.15) is 0 Å². The fourth-order valence-corrected chi connectivity index (χ4v) is 5.83. The van der Waals surface area contributed by atoms with Gasteiger partial charge in [-0.25, -0.2) is 0 Å². The largest absolute Gasteiger partial charge is 0.454 e. The lowest BCUT2D eigenvalue weighted by Gasteiger charge is -2.30. The van der Waals surface area contributed by atoms with Crippen LogP contribution < -0.4 is 14.8 Å². The van der Waals surface area contributed by atoms with E-state index in [0.29, 0.717) is 31.1 Å². The van der Waals surface area contributed by atoms with Crippen LogP contribution in [0.15, 0.2) is 47.5 Å². The number of nitrogens with zero attached hydrogens (tertiary/aromatic N) is 2. The number of hydrogen-bond acceptors (Lipinski definition) is 6. The van der Waals surface area contributed by atoms with Crippen LogP contribution in [0.2, 0.25) is 0 Å². The van der Waals surface area contributed by atoms with Crippen LogP contribution in [0, 0.1) is 0 Å². The zero-order chi connectivity index (χ0) is 25.2. The molecule has 1 N–H and O–H groups in total. The van der Waals surface area contributed by atoms with Gasteiger partial charge in [-0.3, -0.25) is 9.59 Å². The molecule has 0 aliphatic carbocycles. The van der Waals surface area contributed by atoms with Crippen LogP contribution in [0.3, 0.4) is 0 Å². The lowest BCUT2D eigenvalue weighted by atomic mass is 10.0. The molecular weight excluding hydrogens is 478 g/mol. The SMILES string of the molecule is CC(C)OCCCNC(=O)[C@@H]1c2c(n(C)c3ccccc23)SCC(=O)N1Cc1ccc2c(c1)OCO2. The van der Waals surface area contributed by atoms with Gasteiger partial charge in [0, 0.05) is 43.2 Å². The standard InChI is InChI=1S/C27H31N3O5S/c1-17(2)33-12-6-11-28-26(32)25-24-19-7-4-5-8-20(19)29(3)27(24)36-15-23(31)30(25)14-18-9-10-21-22(13-18)35-16-34-21/h4-5,7-10,13,17,25H,6,11-12,14-16H2,1-3H3,(H,28,32)/t25-/m0/s1. The Balaban J connectivity index is 1.50. The molecule has 0 saturated heterocycles. The molecule has 2 aromatic carbocycles. The molecule has 2 aliphatic rings. The highest BCUT2D eigenvalue weighted by atomic mass is 32.2. The monoisotopic (exact) mass is 509 g/mol. The molecule has 3 aromatic rings. The fraction of sp³-hybridized carbons (Fsp3) is 0.407. The van der Waals surface area contributed by atoms with Crippen LogP contribution in [0.25, 0.3) is 10.9 Å². The zero-order valence-electron chi connectivity index (χ0n) is 20.8. The van der Waals surface area contributed by atoms with E-state index in [1.807, 2.05) is 63.4 Å². The summed E-state index contributed by atoms with van der Waals surface area (Å²) in [5.74, 6) is 1.33. The molecule has 0 unspecified atom stereocenters. The molecule has 9 heteroatoms. The number of ether oxygens (including phenoxy) is 3. The van der Waals surface area contributed by atoms with E-state index in [2.05, 4.69) is 9.88 Å². The molecule has 1 atom stereocenters. The van der Waals surface area contributed by atoms with Gasteiger partial charge in [0.15, 0.2) is 11.5 Å². The molecule has 36 heavy (non-hydrogen) atoms. The van der Waals surface area contributed by atoms with Gasteiger partial charge in [-0.15, -0.1) is 0 Å². The first-order chi connectivity index (χ1) is 17.4. The molecule has 5 rings (SSSR count). The van der Waals surface area contributed by atoms with Crippen molar-refractivity contribution in [3.63, 3.8) is 0 Å². The van der Waals surface area contributed by atoms with Crippen molar-refractivity contribution in [2.75, 3.05) is 25.7 Å². The molecule has 0 spiro atoms. The van der Waals surface area contributed by atoms with Crippen LogP contribution >= 0.6 is 11.8 Å². The van der Waals surface area contributed by atoms with E-state index in [9.17, 15) is 9.59 Å². The average Bonchev–Trinajstić information content (AvgIpc) is 3.40. The van der Waals surface area contributed by atoms with Gasteiger partial charge in [-0.05, 0) is 44.0 Å². The van der Waals surface area contributed by atoms with Crippen molar-refractivity contribution in [2.24, 2.45) is 7.05 Å². The number of carbonyl (C=O) groups is 2. The number of para-hydroxylation sites is 1. The third kappa shape index (κ3) is 4.77. The summed E-state index contributed by atoms with van der Waals surface area (Å²) in [5.41, 5.74) is 2.79. The number of carbonyl (C=O) groups excluding carboxylic acids is 2. The van der Waals surface area contributed by atoms with Crippen molar-refractivity contribution in [3.8, 4) is 11.5 Å². The van der Waals surface area contributed by atoms with Crippen molar-refractivity contribution in [1.29, 1.82) is 0 Å². The average molecular weight is 510 g/mol. The second kappa shape index (κ2) is 10.4. The molecule has 1 aromatic heterocycles. The van der Waals surface area contributed by atoms with Crippen molar-refractivity contribution in [3.05, 3.63) is 53.6 Å². The van der Waals surface area contributed by atoms with Crippen LogP contribution in [-0.2, 0) is 27.9 Å². The van der Waals surface area contributed by atoms with Crippen molar-refractivity contribution in [1.82, 2.24) is 14.8 Å². The normalized spacial score (nSPS) is 16.9. The third-order valence-electron chi connectivity index (χ3n) is 6.44. The van der Waals surface area contributed by atoms with Crippen LogP contribution in [0.5, 0.6) is 11.5 Å². The highest BCUT2D eigenvalue weighted by Gasteiger charge is 2.39. The Morgan fingerprint density at radius 1 is 1.19 bits per heavy atom. The number of nitrogens with one attached hydrogen (secondary N) is 1. The number of benzene rings is 2. The number of hydrogen-bond donors (Lipinski definition) is 1. The molecule has 0 radical (unpaired) electrons. The Bertz CT molecular complexity index is 1290. The Hall–Kier alpha value is -3.17. The first kappa shape index (κ1) is 24.5. The van der Waals surface area contributed by atoms with Crippen molar-refractivity contribution >= 4 is 34.5 Å². The van der Waals surface area contributed by atoms with E-state index < -0.39 is 6.04 Å². The summed E-state index contributed by atoms with van der Waals surface area (Å²) < 4.78 is 18.7. The molecule has 2 aliphatic heterocycles. The number of fused-ring (bicyclic) bond motifs is 4. The molecule has 2 amide bonds. The summed E-state index contributed by atoms with van der Waals surface area (Å²) in [6, 6.07) is 12.9. The van der Waals surface area contributed by atoms with E-state index in [-0.39, 0.29) is 37.0 Å². The van der Waals surface area contributed by atoms with E-state index in [0.717, 1.165) is 27.1 Å². The smallest absolute Gasteiger partial charge is 0.247 e. The number of aryl methyl sites for hydroxylation is 1. The maximum atomic E-state index is 13.8. The maximum absolute atomic E-state index is 13.8. The molecule has 3 heterocycles. The Kier molecular flexibility index (Phi) is 7.11. The third-order valence-corrected chi connectivity index (χ3v) is 7.60. The van der Waals surface area contributed by atoms with E-state index in [1.54, 1.807) is 4.90 Å². The summed E-state index contributed by atoms with van der Waals surface area (Å²) in [4.78, 5) is 29.0. The Morgan fingerprint density at radius 3 is 2.83 bits per heavy atom. The van der Waals surface area contributed by atoms with Gasteiger partial charge in [0.05, 0.1) is 16.9 Å². The lowest BCUT2D eigenvalue weighted by molar-refractivity contribution is -0.139. The second-order valence-corrected chi connectivity index (χ2v) is 10.2. The second-order valence-electron chi connectivity index (χ2n) is 9.26. The topological polar surface area (TPSA) is 82.0 Å². The Morgan fingerprint density at radius 2 is 2.00 bits per heavy atom. The van der Waals surface area contributed by atoms with Gasteiger partial charge >= 0.3 is 0 Å². The number of aromatic nitrogens is 1. The van der Waals surface area contributed by atoms with Crippen LogP contribution in [-0.4, -0.2) is 53.1 Å². The molecule has 8 nitrogen and oxygen atoms in total. The number of amides is 2. The first-order valence-corrected chi connectivity index (χ1v) is 13.2. The lowest BCUT2D eigenvalue weighted by Crippen LogP contribution is -2.43. The van der Waals surface area contributed by atoms with Crippen molar-refractivity contribution < 1.29 is 23.8 Å². The molecule has 0 bridgehead atoms. The zero-order valence-corrected chi connectivity index (χ0v) is 21.6. The van der Waals surface area contributed by atoms with Gasteiger partial charge in [-0.1, -0.05) is 36.0 Å². The molecular formula is C27H31N3O5S. The first-order valence-electron chi connectivity index (χ1n) is 12.2. The van der Waals surface area contributed by atoms with Gasteiger partial charge in [0.25, 0.3) is 0 Å². The highest BCUT2D eigenvalue weighted by molar-refractivity contribution is 8.00. The quantitative estimate of drug-likeness (QED) is 0.462. The van der Waals surface area contributed by atoms with Gasteiger partial charge in [0.1, 0.15) is 6.04 Å². The van der Waals surface area contributed by atoms with E-state index in [1.165, 1.54) is 11.8 Å². The van der Waals surface area contributed by atoms with E-state index >= 15 is 0 Å². The summed E-state index contributed by atoms with van der Waals surface area (Å²) in [6.07, 6.45) is 0.844. The summed E-state index contributed by atoms with van der Waals surface area (Å²) in [7, 11) is 1.99. The molecule has 0 fully saturated rings. The summed E-state index contributed by atoms with van der Waals surface area (Å²) in [6.45, 7) is 5.49. The molecule has 0 saturated carbocycles. The highest BCUT2D eigenvalue weighted by Crippen LogP contribution is 2.42. The predicted octanol–water partition coefficient (Wildman–Crippen LogP) is 4.01. The minimum absolute atomic E-state index is 0.0822. The van der Waals surface area contributed by atoms with Crippen LogP contribution in [0.1, 0.15) is 37.4 Å². The Labute approximate surface area is 214 Å². The summed E-state index contributed by atoms with van der Waals surface area (Å²) in [5, 5.41) is 5.00. The van der Waals surface area contributed by atoms with Gasteiger partial charge in [0.2, 0.25) is 18.6 Å². The molecule has 190 valence electrons.